The van der Waals surface area contributed by atoms with E-state index in [1.54, 1.807) is 0 Å². The molecule has 0 unspecified atom stereocenters. The van der Waals surface area contributed by atoms with Gasteiger partial charge in [0, 0.05) is 38.9 Å². The molecule has 7 aromatic carbocycles. The summed E-state index contributed by atoms with van der Waals surface area (Å²) in [5.41, 5.74) is 14.1. The monoisotopic (exact) mass is 739 g/mol. The molecule has 12 rings (SSSR count). The molecule has 0 N–H and O–H groups in total. The lowest BCUT2D eigenvalue weighted by Crippen LogP contribution is -2.28. The molecule has 0 saturated heterocycles. The Morgan fingerprint density at radius 3 is 1.90 bits per heavy atom. The number of rotatable bonds is 5. The van der Waals surface area contributed by atoms with E-state index in [9.17, 15) is 0 Å². The lowest BCUT2D eigenvalue weighted by Gasteiger charge is -2.34. The molecule has 1 aliphatic rings. The SMILES string of the molecule is c1ccc(-c2ccc3ccc4c(-c5cccc(C6(c7ccccc7)c7ccccc7-c7ccccc76)c5)nc(-n5c6ccccc6c6cccnc65)nc4c3n2)cc1. The van der Waals surface area contributed by atoms with E-state index in [0.29, 0.717) is 5.95 Å². The summed E-state index contributed by atoms with van der Waals surface area (Å²) in [5.74, 6) is 0.548. The minimum atomic E-state index is -0.550. The van der Waals surface area contributed by atoms with E-state index >= 15 is 0 Å². The Bertz CT molecular complexity index is 3310. The standard InChI is InChI=1S/C53H33N5/c1-3-15-34(16-4-1)46-31-29-35-28-30-43-48(56-52(57-50(43)49(35)55-46)58-47-27-12-9-23-41(47)42-24-14-32-54-51(42)58)36-17-13-20-38(33-36)53(37-18-5-2-6-19-37)44-25-10-7-21-39(44)40-22-8-11-26-45(40)53/h1-33H. The normalized spacial score (nSPS) is 13.0. The third kappa shape index (κ3) is 4.64. The van der Waals surface area contributed by atoms with Crippen LogP contribution in [0, 0.1) is 0 Å². The molecule has 0 amide bonds. The summed E-state index contributed by atoms with van der Waals surface area (Å²) in [6.45, 7) is 0. The first-order valence-corrected chi connectivity index (χ1v) is 19.6. The molecular formula is C53H33N5. The van der Waals surface area contributed by atoms with Crippen molar-refractivity contribution < 1.29 is 0 Å². The van der Waals surface area contributed by atoms with Crippen LogP contribution in [0.1, 0.15) is 22.3 Å². The number of pyridine rings is 2. The molecule has 0 atom stereocenters. The van der Waals surface area contributed by atoms with Crippen LogP contribution >= 0.6 is 0 Å². The second-order valence-electron chi connectivity index (χ2n) is 15.0. The molecule has 4 heterocycles. The smallest absolute Gasteiger partial charge is 0.237 e. The van der Waals surface area contributed by atoms with E-state index in [-0.39, 0.29) is 0 Å². The molecule has 58 heavy (non-hydrogen) atoms. The fourth-order valence-electron chi connectivity index (χ4n) is 9.46. The summed E-state index contributed by atoms with van der Waals surface area (Å²) in [6, 6.07) is 69.0. The van der Waals surface area contributed by atoms with Crippen LogP contribution in [0.4, 0.5) is 0 Å². The zero-order chi connectivity index (χ0) is 38.2. The summed E-state index contributed by atoms with van der Waals surface area (Å²) in [5, 5.41) is 4.10. The summed E-state index contributed by atoms with van der Waals surface area (Å²) in [7, 11) is 0. The first-order valence-electron chi connectivity index (χ1n) is 19.6. The van der Waals surface area contributed by atoms with Gasteiger partial charge in [0.05, 0.1) is 27.8 Å². The summed E-state index contributed by atoms with van der Waals surface area (Å²) in [6.07, 6.45) is 1.84. The third-order valence-electron chi connectivity index (χ3n) is 11.9. The van der Waals surface area contributed by atoms with E-state index < -0.39 is 5.41 Å². The number of hydrogen-bond donors (Lipinski definition) is 0. The maximum absolute atomic E-state index is 5.54. The number of nitrogens with zero attached hydrogens (tertiary/aromatic N) is 5. The van der Waals surface area contributed by atoms with Gasteiger partial charge in [-0.3, -0.25) is 4.57 Å². The fourth-order valence-corrected chi connectivity index (χ4v) is 9.46. The number of fused-ring (bicyclic) bond motifs is 9. The molecule has 0 radical (unpaired) electrons. The van der Waals surface area contributed by atoms with Gasteiger partial charge in [0.2, 0.25) is 5.95 Å². The topological polar surface area (TPSA) is 56.5 Å². The number of hydrogen-bond acceptors (Lipinski definition) is 4. The fraction of sp³-hybridized carbons (Fsp3) is 0.0189. The van der Waals surface area contributed by atoms with Crippen molar-refractivity contribution in [1.82, 2.24) is 24.5 Å². The van der Waals surface area contributed by atoms with Gasteiger partial charge in [-0.15, -0.1) is 0 Å². The van der Waals surface area contributed by atoms with E-state index in [1.165, 1.54) is 33.4 Å². The van der Waals surface area contributed by atoms with Crippen molar-refractivity contribution in [2.24, 2.45) is 0 Å². The van der Waals surface area contributed by atoms with Crippen molar-refractivity contribution in [3.8, 4) is 39.6 Å². The van der Waals surface area contributed by atoms with Crippen molar-refractivity contribution >= 4 is 43.7 Å². The van der Waals surface area contributed by atoms with Crippen LogP contribution in [-0.4, -0.2) is 24.5 Å². The van der Waals surface area contributed by atoms with Crippen LogP contribution in [0.25, 0.3) is 83.3 Å². The highest BCUT2D eigenvalue weighted by Crippen LogP contribution is 2.56. The largest absolute Gasteiger partial charge is 0.262 e. The number of para-hydroxylation sites is 1. The Hall–Kier alpha value is -7.76. The van der Waals surface area contributed by atoms with Gasteiger partial charge >= 0.3 is 0 Å². The summed E-state index contributed by atoms with van der Waals surface area (Å²) >= 11 is 0. The predicted molar refractivity (Wildman–Crippen MR) is 235 cm³/mol. The van der Waals surface area contributed by atoms with Crippen molar-refractivity contribution in [3.05, 3.63) is 223 Å². The zero-order valence-corrected chi connectivity index (χ0v) is 31.3. The minimum absolute atomic E-state index is 0.548. The molecule has 0 bridgehead atoms. The third-order valence-corrected chi connectivity index (χ3v) is 11.9. The Morgan fingerprint density at radius 1 is 0.431 bits per heavy atom. The van der Waals surface area contributed by atoms with Crippen molar-refractivity contribution in [2.45, 2.75) is 5.41 Å². The van der Waals surface area contributed by atoms with Crippen LogP contribution in [0.15, 0.2) is 200 Å². The summed E-state index contributed by atoms with van der Waals surface area (Å²) in [4.78, 5) is 21.2. The Labute approximate surface area is 334 Å². The molecule has 0 saturated carbocycles. The van der Waals surface area contributed by atoms with Gasteiger partial charge in [0.15, 0.2) is 0 Å². The minimum Gasteiger partial charge on any atom is -0.262 e. The highest BCUT2D eigenvalue weighted by molar-refractivity contribution is 6.10. The van der Waals surface area contributed by atoms with Crippen molar-refractivity contribution in [2.75, 3.05) is 0 Å². The molecule has 11 aromatic rings. The van der Waals surface area contributed by atoms with E-state index in [1.807, 2.05) is 30.5 Å². The highest BCUT2D eigenvalue weighted by atomic mass is 15.2. The van der Waals surface area contributed by atoms with E-state index in [0.717, 1.165) is 66.3 Å². The van der Waals surface area contributed by atoms with Gasteiger partial charge < -0.3 is 0 Å². The van der Waals surface area contributed by atoms with E-state index in [2.05, 4.69) is 174 Å². The highest BCUT2D eigenvalue weighted by Gasteiger charge is 2.46. The lowest BCUT2D eigenvalue weighted by molar-refractivity contribution is 0.768. The molecule has 4 aromatic heterocycles. The van der Waals surface area contributed by atoms with Gasteiger partial charge in [-0.1, -0.05) is 158 Å². The maximum atomic E-state index is 5.54. The van der Waals surface area contributed by atoms with Crippen LogP contribution in [-0.2, 0) is 5.41 Å². The van der Waals surface area contributed by atoms with Gasteiger partial charge in [-0.25, -0.2) is 19.9 Å². The van der Waals surface area contributed by atoms with Crippen molar-refractivity contribution in [3.63, 3.8) is 0 Å². The van der Waals surface area contributed by atoms with Crippen LogP contribution in [0.3, 0.4) is 0 Å². The molecule has 0 aliphatic heterocycles. The molecule has 5 nitrogen and oxygen atoms in total. The van der Waals surface area contributed by atoms with E-state index in [4.69, 9.17) is 19.9 Å². The van der Waals surface area contributed by atoms with Gasteiger partial charge in [-0.05, 0) is 69.8 Å². The lowest BCUT2D eigenvalue weighted by atomic mass is 9.67. The molecular weight excluding hydrogens is 707 g/mol. The van der Waals surface area contributed by atoms with Gasteiger partial charge in [0.25, 0.3) is 0 Å². The maximum Gasteiger partial charge on any atom is 0.237 e. The quantitative estimate of drug-likeness (QED) is 0.165. The Kier molecular flexibility index (Phi) is 7.07. The molecule has 270 valence electrons. The number of aromatic nitrogens is 5. The second kappa shape index (κ2) is 12.6. The molecule has 0 fully saturated rings. The van der Waals surface area contributed by atoms with Crippen LogP contribution < -0.4 is 0 Å². The average molecular weight is 740 g/mol. The second-order valence-corrected chi connectivity index (χ2v) is 15.0. The first kappa shape index (κ1) is 32.5. The Balaban J connectivity index is 1.18. The number of benzene rings is 7. The summed E-state index contributed by atoms with van der Waals surface area (Å²) < 4.78 is 2.10. The molecule has 1 aliphatic carbocycles. The molecule has 0 spiro atoms. The zero-order valence-electron chi connectivity index (χ0n) is 31.3. The first-order chi connectivity index (χ1) is 28.8. The van der Waals surface area contributed by atoms with Crippen LogP contribution in [0.2, 0.25) is 0 Å². The average Bonchev–Trinajstić information content (AvgIpc) is 3.80. The van der Waals surface area contributed by atoms with Gasteiger partial charge in [-0.2, -0.15) is 0 Å². The van der Waals surface area contributed by atoms with Crippen molar-refractivity contribution in [1.29, 1.82) is 0 Å². The van der Waals surface area contributed by atoms with Crippen LogP contribution in [0.5, 0.6) is 0 Å². The Morgan fingerprint density at radius 2 is 1.09 bits per heavy atom. The molecule has 5 heteroatoms. The van der Waals surface area contributed by atoms with Gasteiger partial charge in [0.1, 0.15) is 11.2 Å². The predicted octanol–water partition coefficient (Wildman–Crippen LogP) is 12.4.